The fourth-order valence-corrected chi connectivity index (χ4v) is 4.63. The van der Waals surface area contributed by atoms with Crippen LogP contribution in [0.2, 0.25) is 0 Å². The molecule has 1 aromatic carbocycles. The number of thiazole rings is 1. The van der Waals surface area contributed by atoms with Crippen molar-refractivity contribution in [2.75, 3.05) is 13.1 Å². The van der Waals surface area contributed by atoms with Gasteiger partial charge in [0.25, 0.3) is 5.91 Å². The Morgan fingerprint density at radius 1 is 1.17 bits per heavy atom. The van der Waals surface area contributed by atoms with Gasteiger partial charge in [-0.3, -0.25) is 4.79 Å². The topological polar surface area (TPSA) is 77.0 Å². The highest BCUT2D eigenvalue weighted by Gasteiger charge is 2.54. The highest BCUT2D eigenvalue weighted by atomic mass is 32.1. The quantitative estimate of drug-likeness (QED) is 0.660. The summed E-state index contributed by atoms with van der Waals surface area (Å²) in [5, 5.41) is 2.33. The third-order valence-electron chi connectivity index (χ3n) is 5.63. The Morgan fingerprint density at radius 3 is 2.48 bits per heavy atom. The molecule has 2 unspecified atom stereocenters. The van der Waals surface area contributed by atoms with Gasteiger partial charge in [-0.05, 0) is 29.5 Å². The summed E-state index contributed by atoms with van der Waals surface area (Å²) >= 11 is 1.33. The van der Waals surface area contributed by atoms with Crippen molar-refractivity contribution in [1.82, 2.24) is 19.4 Å². The van der Waals surface area contributed by atoms with Crippen molar-refractivity contribution in [3.8, 4) is 10.8 Å². The Balaban J connectivity index is 1.52. The molecule has 2 fully saturated rings. The number of nitrogens with zero attached hydrogens (tertiary/aromatic N) is 4. The number of aromatic nitrogens is 3. The Kier molecular flexibility index (Phi) is 4.21. The van der Waals surface area contributed by atoms with E-state index < -0.39 is 17.5 Å². The van der Waals surface area contributed by atoms with E-state index in [0.29, 0.717) is 35.8 Å². The number of carbonyl (C=O) groups is 1. The molecular weight excluding hydrogens is 403 g/mol. The second-order valence-electron chi connectivity index (χ2n) is 7.38. The van der Waals surface area contributed by atoms with Gasteiger partial charge in [0.2, 0.25) is 0 Å². The molecule has 1 aliphatic heterocycles. The number of carbonyl (C=O) groups excluding carboxylic acids is 1. The van der Waals surface area contributed by atoms with Crippen LogP contribution in [0.25, 0.3) is 10.8 Å². The number of amides is 1. The maximum atomic E-state index is 13.7. The second kappa shape index (κ2) is 6.67. The molecule has 1 saturated heterocycles. The number of likely N-dealkylation sites (tertiary alicyclic amines) is 1. The van der Waals surface area contributed by atoms with Gasteiger partial charge < -0.3 is 15.2 Å². The molecule has 150 valence electrons. The maximum absolute atomic E-state index is 13.7. The molecule has 2 aromatic heterocycles. The number of rotatable bonds is 4. The third kappa shape index (κ3) is 3.03. The highest BCUT2D eigenvalue weighted by molar-refractivity contribution is 7.13. The molecule has 1 saturated carbocycles. The van der Waals surface area contributed by atoms with E-state index >= 15 is 0 Å². The Bertz CT molecular complexity index is 1060. The normalized spacial score (nSPS) is 22.8. The van der Waals surface area contributed by atoms with Crippen molar-refractivity contribution >= 4 is 17.2 Å². The highest BCUT2D eigenvalue weighted by Crippen LogP contribution is 2.44. The van der Waals surface area contributed by atoms with Gasteiger partial charge >= 0.3 is 0 Å². The Morgan fingerprint density at radius 2 is 1.86 bits per heavy atom. The lowest BCUT2D eigenvalue weighted by atomic mass is 10.2. The lowest BCUT2D eigenvalue weighted by Gasteiger charge is -2.20. The minimum atomic E-state index is -1.52. The molecule has 5 rings (SSSR count). The van der Waals surface area contributed by atoms with E-state index in [2.05, 4.69) is 9.97 Å². The van der Waals surface area contributed by atoms with Gasteiger partial charge in [-0.1, -0.05) is 0 Å². The van der Waals surface area contributed by atoms with Gasteiger partial charge in [0.1, 0.15) is 5.69 Å². The molecule has 2 N–H and O–H groups in total. The summed E-state index contributed by atoms with van der Waals surface area (Å²) in [5.41, 5.74) is 6.42. The van der Waals surface area contributed by atoms with E-state index in [1.807, 2.05) is 0 Å². The monoisotopic (exact) mass is 419 g/mol. The van der Waals surface area contributed by atoms with Crippen LogP contribution in [0.5, 0.6) is 0 Å². The number of fused-ring (bicyclic) bond motifs is 1. The third-order valence-corrected chi connectivity index (χ3v) is 6.40. The molecule has 0 bridgehead atoms. The van der Waals surface area contributed by atoms with Crippen molar-refractivity contribution in [1.29, 1.82) is 0 Å². The first-order valence-electron chi connectivity index (χ1n) is 9.07. The molecule has 1 aliphatic carbocycles. The van der Waals surface area contributed by atoms with E-state index in [9.17, 15) is 18.0 Å². The van der Waals surface area contributed by atoms with Gasteiger partial charge in [-0.2, -0.15) is 0 Å². The van der Waals surface area contributed by atoms with Crippen LogP contribution in [0.4, 0.5) is 13.2 Å². The fourth-order valence-electron chi connectivity index (χ4n) is 3.99. The van der Waals surface area contributed by atoms with E-state index in [0.717, 1.165) is 12.1 Å². The van der Waals surface area contributed by atoms with Gasteiger partial charge in [-0.25, -0.2) is 23.1 Å². The zero-order valence-electron chi connectivity index (χ0n) is 15.1. The minimum absolute atomic E-state index is 0.0513. The van der Waals surface area contributed by atoms with Crippen LogP contribution >= 0.6 is 11.3 Å². The van der Waals surface area contributed by atoms with Crippen molar-refractivity contribution in [2.24, 2.45) is 17.6 Å². The molecule has 29 heavy (non-hydrogen) atoms. The lowest BCUT2D eigenvalue weighted by Crippen LogP contribution is -2.35. The number of halogens is 3. The van der Waals surface area contributed by atoms with Crippen LogP contribution in [0, 0.1) is 29.3 Å². The standard InChI is InChI=1S/C19H16F3N5OS/c20-12-3-9(4-13(21)15(12)22)6-27-14(5-25-17(27)18-24-1-2-29-18)19(28)26-7-10-11(8-26)16(10)23/h1-5,10-11,16H,6-8,23H2. The van der Waals surface area contributed by atoms with Crippen molar-refractivity contribution in [3.05, 3.63) is 58.6 Å². The predicted octanol–water partition coefficient (Wildman–Crippen LogP) is 2.50. The Hall–Kier alpha value is -2.72. The first kappa shape index (κ1) is 18.3. The number of benzene rings is 1. The maximum Gasteiger partial charge on any atom is 0.272 e. The van der Waals surface area contributed by atoms with Gasteiger partial charge in [0.15, 0.2) is 28.3 Å². The van der Waals surface area contributed by atoms with Crippen LogP contribution in [-0.4, -0.2) is 44.5 Å². The molecular formula is C19H16F3N5OS. The average Bonchev–Trinajstić information content (AvgIpc) is 3.24. The summed E-state index contributed by atoms with van der Waals surface area (Å²) in [5.74, 6) is -3.24. The summed E-state index contributed by atoms with van der Waals surface area (Å²) in [7, 11) is 0. The van der Waals surface area contributed by atoms with Crippen molar-refractivity contribution < 1.29 is 18.0 Å². The summed E-state index contributed by atoms with van der Waals surface area (Å²) in [6.45, 7) is 1.12. The zero-order valence-corrected chi connectivity index (χ0v) is 15.9. The molecule has 0 spiro atoms. The summed E-state index contributed by atoms with van der Waals surface area (Å²) in [4.78, 5) is 23.4. The van der Waals surface area contributed by atoms with Crippen LogP contribution < -0.4 is 5.73 Å². The molecule has 0 radical (unpaired) electrons. The van der Waals surface area contributed by atoms with E-state index in [1.165, 1.54) is 17.5 Å². The number of piperidine rings is 1. The van der Waals surface area contributed by atoms with Crippen LogP contribution in [0.1, 0.15) is 16.1 Å². The fraction of sp³-hybridized carbons (Fsp3) is 0.316. The average molecular weight is 419 g/mol. The second-order valence-corrected chi connectivity index (χ2v) is 8.27. The zero-order chi connectivity index (χ0) is 20.3. The van der Waals surface area contributed by atoms with Gasteiger partial charge in [0.05, 0.1) is 12.7 Å². The molecule has 3 heterocycles. The van der Waals surface area contributed by atoms with Crippen molar-refractivity contribution in [3.63, 3.8) is 0 Å². The molecule has 3 aromatic rings. The van der Waals surface area contributed by atoms with Crippen LogP contribution in [-0.2, 0) is 6.54 Å². The molecule has 6 nitrogen and oxygen atoms in total. The summed E-state index contributed by atoms with van der Waals surface area (Å²) in [6.07, 6.45) is 3.05. The number of hydrogen-bond acceptors (Lipinski definition) is 5. The molecule has 2 atom stereocenters. The Labute approximate surface area is 167 Å². The predicted molar refractivity (Wildman–Crippen MR) is 99.6 cm³/mol. The van der Waals surface area contributed by atoms with Crippen LogP contribution in [0.3, 0.4) is 0 Å². The number of hydrogen-bond donors (Lipinski definition) is 1. The number of imidazole rings is 1. The smallest absolute Gasteiger partial charge is 0.272 e. The van der Waals surface area contributed by atoms with Gasteiger partial charge in [-0.15, -0.1) is 11.3 Å². The molecule has 2 aliphatic rings. The minimum Gasteiger partial charge on any atom is -0.337 e. The van der Waals surface area contributed by atoms with Gasteiger partial charge in [0, 0.05) is 30.7 Å². The molecule has 1 amide bonds. The summed E-state index contributed by atoms with van der Waals surface area (Å²) in [6, 6.07) is 1.99. The summed E-state index contributed by atoms with van der Waals surface area (Å²) < 4.78 is 42.3. The van der Waals surface area contributed by atoms with Crippen LogP contribution in [0.15, 0.2) is 29.9 Å². The molecule has 10 heteroatoms. The largest absolute Gasteiger partial charge is 0.337 e. The van der Waals surface area contributed by atoms with E-state index in [4.69, 9.17) is 5.73 Å². The lowest BCUT2D eigenvalue weighted by molar-refractivity contribution is 0.0763. The number of nitrogens with two attached hydrogens (primary N) is 1. The van der Waals surface area contributed by atoms with Crippen molar-refractivity contribution in [2.45, 2.75) is 12.6 Å². The SMILES string of the molecule is NC1C2CN(C(=O)c3cnc(-c4nccs4)n3Cc3cc(F)c(F)c(F)c3)CC12. The van der Waals surface area contributed by atoms with E-state index in [1.54, 1.807) is 21.0 Å². The van der Waals surface area contributed by atoms with E-state index in [-0.39, 0.29) is 29.8 Å². The first-order valence-corrected chi connectivity index (χ1v) is 9.95. The first-order chi connectivity index (χ1) is 13.9.